The number of amides is 1. The monoisotopic (exact) mass is 300 g/mol. The lowest BCUT2D eigenvalue weighted by Gasteiger charge is -2.33. The molecule has 0 saturated carbocycles. The first kappa shape index (κ1) is 15.5. The molecule has 1 fully saturated rings. The fraction of sp³-hybridized carbons (Fsp3) is 0.632. The molecule has 2 heterocycles. The Labute approximate surface area is 134 Å². The molecule has 0 radical (unpaired) electrons. The number of hydrogen-bond donors (Lipinski definition) is 1. The van der Waals surface area contributed by atoms with E-state index in [1.54, 1.807) is 6.92 Å². The minimum Gasteiger partial charge on any atom is -0.338 e. The molecule has 0 spiro atoms. The van der Waals surface area contributed by atoms with Gasteiger partial charge in [0.2, 0.25) is 5.91 Å². The van der Waals surface area contributed by atoms with Crippen LogP contribution in [0.15, 0.2) is 12.1 Å². The van der Waals surface area contributed by atoms with Gasteiger partial charge in [-0.15, -0.1) is 0 Å². The summed E-state index contributed by atoms with van der Waals surface area (Å²) in [6, 6.07) is 5.24. The van der Waals surface area contributed by atoms with Crippen molar-refractivity contribution >= 4 is 5.91 Å². The molecule has 1 N–H and O–H groups in total. The first-order chi connectivity index (χ1) is 10.4. The normalized spacial score (nSPS) is 21.8. The van der Waals surface area contributed by atoms with Gasteiger partial charge in [-0.05, 0) is 53.5 Å². The largest absolute Gasteiger partial charge is 0.338 e. The van der Waals surface area contributed by atoms with Crippen LogP contribution in [0.3, 0.4) is 0 Å². The van der Waals surface area contributed by atoms with E-state index in [0.29, 0.717) is 6.04 Å². The van der Waals surface area contributed by atoms with Gasteiger partial charge in [-0.25, -0.2) is 0 Å². The predicted molar refractivity (Wildman–Crippen MR) is 89.9 cm³/mol. The zero-order valence-electron chi connectivity index (χ0n) is 14.3. The Morgan fingerprint density at radius 2 is 2.09 bits per heavy atom. The van der Waals surface area contributed by atoms with Crippen molar-refractivity contribution in [3.63, 3.8) is 0 Å². The number of hydrogen-bond acceptors (Lipinski definition) is 2. The second-order valence-corrected chi connectivity index (χ2v) is 7.79. The fourth-order valence-corrected chi connectivity index (χ4v) is 3.66. The van der Waals surface area contributed by atoms with Crippen LogP contribution in [0, 0.1) is 0 Å². The number of carbonyl (C=O) groups excluding carboxylic acids is 1. The molecule has 1 aromatic carbocycles. The van der Waals surface area contributed by atoms with Crippen molar-refractivity contribution in [3.8, 4) is 0 Å². The lowest BCUT2D eigenvalue weighted by atomic mass is 9.80. The molecule has 1 amide bonds. The van der Waals surface area contributed by atoms with Crippen LogP contribution in [0.1, 0.15) is 68.8 Å². The molecular formula is C19H28N2O. The predicted octanol–water partition coefficient (Wildman–Crippen LogP) is 3.31. The third-order valence-electron chi connectivity index (χ3n) is 5.12. The van der Waals surface area contributed by atoms with Crippen LogP contribution >= 0.6 is 0 Å². The zero-order valence-corrected chi connectivity index (χ0v) is 14.3. The first-order valence-electron chi connectivity index (χ1n) is 8.51. The van der Waals surface area contributed by atoms with Crippen LogP contribution in [0.4, 0.5) is 0 Å². The summed E-state index contributed by atoms with van der Waals surface area (Å²) in [6.45, 7) is 11.3. The quantitative estimate of drug-likeness (QED) is 0.863. The van der Waals surface area contributed by atoms with Crippen molar-refractivity contribution in [2.45, 2.75) is 65.0 Å². The van der Waals surface area contributed by atoms with Crippen LogP contribution in [-0.2, 0) is 23.2 Å². The van der Waals surface area contributed by atoms with E-state index in [2.05, 4.69) is 38.2 Å². The van der Waals surface area contributed by atoms with Crippen molar-refractivity contribution in [2.75, 3.05) is 13.1 Å². The van der Waals surface area contributed by atoms with E-state index in [4.69, 9.17) is 0 Å². The maximum absolute atomic E-state index is 11.8. The fourth-order valence-electron chi connectivity index (χ4n) is 3.66. The Morgan fingerprint density at radius 1 is 1.32 bits per heavy atom. The van der Waals surface area contributed by atoms with Crippen LogP contribution in [0.2, 0.25) is 0 Å². The number of nitrogens with zero attached hydrogens (tertiary/aromatic N) is 1. The van der Waals surface area contributed by atoms with Crippen molar-refractivity contribution in [1.82, 2.24) is 10.2 Å². The molecule has 1 saturated heterocycles. The molecule has 3 heteroatoms. The third kappa shape index (κ3) is 2.91. The summed E-state index contributed by atoms with van der Waals surface area (Å²) < 4.78 is 0. The van der Waals surface area contributed by atoms with Crippen molar-refractivity contribution in [2.24, 2.45) is 0 Å². The van der Waals surface area contributed by atoms with Crippen LogP contribution in [-0.4, -0.2) is 23.9 Å². The van der Waals surface area contributed by atoms with E-state index in [0.717, 1.165) is 26.1 Å². The van der Waals surface area contributed by atoms with Gasteiger partial charge in [0.25, 0.3) is 0 Å². The highest BCUT2D eigenvalue weighted by molar-refractivity contribution is 5.73. The molecule has 1 atom stereocenters. The summed E-state index contributed by atoms with van der Waals surface area (Å²) in [5.41, 5.74) is 5.87. The topological polar surface area (TPSA) is 32.3 Å². The van der Waals surface area contributed by atoms with E-state index in [9.17, 15) is 4.79 Å². The average Bonchev–Trinajstić information content (AvgIpc) is 2.98. The molecular weight excluding hydrogens is 272 g/mol. The number of fused-ring (bicyclic) bond motifs is 1. The van der Waals surface area contributed by atoms with Crippen LogP contribution in [0.5, 0.6) is 0 Å². The van der Waals surface area contributed by atoms with Crippen molar-refractivity contribution in [1.29, 1.82) is 0 Å². The Balaban J connectivity index is 2.06. The second-order valence-electron chi connectivity index (χ2n) is 7.79. The van der Waals surface area contributed by atoms with Crippen molar-refractivity contribution < 1.29 is 4.79 Å². The Bertz CT molecular complexity index is 580. The molecule has 22 heavy (non-hydrogen) atoms. The number of benzene rings is 1. The van der Waals surface area contributed by atoms with Gasteiger partial charge < -0.3 is 10.2 Å². The van der Waals surface area contributed by atoms with E-state index in [-0.39, 0.29) is 11.3 Å². The Kier molecular flexibility index (Phi) is 4.02. The minimum absolute atomic E-state index is 0.167. The lowest BCUT2D eigenvalue weighted by molar-refractivity contribution is -0.129. The SMILES string of the molecule is CC(=O)N1CCc2cc(C(C)(C)C)cc([C@H]3CCCN3)c2C1. The molecule has 120 valence electrons. The highest BCUT2D eigenvalue weighted by atomic mass is 16.2. The third-order valence-corrected chi connectivity index (χ3v) is 5.12. The summed E-state index contributed by atoms with van der Waals surface area (Å²) in [5, 5.41) is 3.64. The summed E-state index contributed by atoms with van der Waals surface area (Å²) in [4.78, 5) is 13.8. The minimum atomic E-state index is 0.167. The number of rotatable bonds is 1. The maximum atomic E-state index is 11.8. The van der Waals surface area contributed by atoms with Gasteiger partial charge in [0.05, 0.1) is 0 Å². The molecule has 2 aliphatic heterocycles. The zero-order chi connectivity index (χ0) is 15.9. The Morgan fingerprint density at radius 3 is 2.68 bits per heavy atom. The molecule has 3 nitrogen and oxygen atoms in total. The summed E-state index contributed by atoms with van der Waals surface area (Å²) in [5.74, 6) is 0.191. The lowest BCUT2D eigenvalue weighted by Crippen LogP contribution is -2.35. The van der Waals surface area contributed by atoms with Gasteiger partial charge in [0.15, 0.2) is 0 Å². The summed E-state index contributed by atoms with van der Waals surface area (Å²) in [7, 11) is 0. The standard InChI is InChI=1S/C19H28N2O/c1-13(22)21-9-7-14-10-15(19(2,3)4)11-16(17(14)12-21)18-6-5-8-20-18/h10-11,18,20H,5-9,12H2,1-4H3/t18-/m1/s1. The van der Waals surface area contributed by atoms with E-state index >= 15 is 0 Å². The van der Waals surface area contributed by atoms with Gasteiger partial charge in [-0.2, -0.15) is 0 Å². The molecule has 0 aromatic heterocycles. The van der Waals surface area contributed by atoms with Gasteiger partial charge in [0.1, 0.15) is 0 Å². The highest BCUT2D eigenvalue weighted by Crippen LogP contribution is 2.35. The van der Waals surface area contributed by atoms with E-state index in [1.807, 2.05) is 4.90 Å². The molecule has 1 aromatic rings. The Hall–Kier alpha value is -1.35. The van der Waals surface area contributed by atoms with Crippen molar-refractivity contribution in [3.05, 3.63) is 34.4 Å². The molecule has 2 aliphatic rings. The maximum Gasteiger partial charge on any atom is 0.219 e. The first-order valence-corrected chi connectivity index (χ1v) is 8.51. The van der Waals surface area contributed by atoms with Gasteiger partial charge >= 0.3 is 0 Å². The number of nitrogens with one attached hydrogen (secondary N) is 1. The molecule has 0 aliphatic carbocycles. The average molecular weight is 300 g/mol. The van der Waals surface area contributed by atoms with Crippen LogP contribution in [0.25, 0.3) is 0 Å². The van der Waals surface area contributed by atoms with Gasteiger partial charge in [0, 0.05) is 26.1 Å². The van der Waals surface area contributed by atoms with E-state index in [1.165, 1.54) is 35.1 Å². The van der Waals surface area contributed by atoms with Gasteiger partial charge in [-0.3, -0.25) is 4.79 Å². The molecule has 0 bridgehead atoms. The van der Waals surface area contributed by atoms with Gasteiger partial charge in [-0.1, -0.05) is 32.9 Å². The van der Waals surface area contributed by atoms with E-state index < -0.39 is 0 Å². The highest BCUT2D eigenvalue weighted by Gasteiger charge is 2.28. The molecule has 3 rings (SSSR count). The summed E-state index contributed by atoms with van der Waals surface area (Å²) in [6.07, 6.45) is 3.44. The number of carbonyl (C=O) groups is 1. The smallest absolute Gasteiger partial charge is 0.219 e. The molecule has 0 unspecified atom stereocenters. The second kappa shape index (κ2) is 5.69. The van der Waals surface area contributed by atoms with Crippen LogP contribution < -0.4 is 5.32 Å². The summed E-state index contributed by atoms with van der Waals surface area (Å²) >= 11 is 0.